The summed E-state index contributed by atoms with van der Waals surface area (Å²) >= 11 is 0. The van der Waals surface area contributed by atoms with Gasteiger partial charge in [0.1, 0.15) is 11.5 Å². The van der Waals surface area contributed by atoms with Gasteiger partial charge in [0.05, 0.1) is 0 Å². The van der Waals surface area contributed by atoms with E-state index in [1.807, 2.05) is 12.1 Å². The molecule has 0 aliphatic rings. The zero-order valence-electron chi connectivity index (χ0n) is 15.2. The highest BCUT2D eigenvalue weighted by molar-refractivity contribution is 5.93. The molecule has 3 aromatic rings. The lowest BCUT2D eigenvalue weighted by molar-refractivity contribution is -0.114. The van der Waals surface area contributed by atoms with Crippen molar-refractivity contribution in [2.45, 2.75) is 13.5 Å². The van der Waals surface area contributed by atoms with E-state index in [1.54, 1.807) is 42.5 Å². The van der Waals surface area contributed by atoms with E-state index < -0.39 is 5.91 Å². The van der Waals surface area contributed by atoms with E-state index in [2.05, 4.69) is 20.9 Å². The fourth-order valence-corrected chi connectivity index (χ4v) is 2.55. The van der Waals surface area contributed by atoms with Gasteiger partial charge in [-0.2, -0.15) is 0 Å². The van der Waals surface area contributed by atoms with E-state index in [1.165, 1.54) is 19.2 Å². The van der Waals surface area contributed by atoms with Crippen LogP contribution in [-0.4, -0.2) is 16.8 Å². The van der Waals surface area contributed by atoms with Crippen LogP contribution in [0, 0.1) is 5.82 Å². The molecule has 0 radical (unpaired) electrons. The Morgan fingerprint density at radius 3 is 2.39 bits per heavy atom. The first-order valence-corrected chi connectivity index (χ1v) is 8.63. The first-order valence-electron chi connectivity index (χ1n) is 8.63. The van der Waals surface area contributed by atoms with Crippen molar-refractivity contribution >= 4 is 28.9 Å². The minimum Gasteiger partial charge on any atom is -0.355 e. The van der Waals surface area contributed by atoms with E-state index in [-0.39, 0.29) is 24.0 Å². The molecule has 2 aromatic carbocycles. The maximum Gasteiger partial charge on any atom is 0.270 e. The van der Waals surface area contributed by atoms with Crippen molar-refractivity contribution < 1.29 is 14.0 Å². The summed E-state index contributed by atoms with van der Waals surface area (Å²) in [6.07, 6.45) is 1.52. The summed E-state index contributed by atoms with van der Waals surface area (Å²) in [4.78, 5) is 27.4. The van der Waals surface area contributed by atoms with Crippen LogP contribution in [0.5, 0.6) is 0 Å². The molecular formula is C21H19FN4O2. The number of hydrogen-bond donors (Lipinski definition) is 3. The van der Waals surface area contributed by atoms with E-state index >= 15 is 0 Å². The number of amides is 2. The summed E-state index contributed by atoms with van der Waals surface area (Å²) in [6.45, 7) is 1.53. The van der Waals surface area contributed by atoms with Gasteiger partial charge in [0.2, 0.25) is 5.91 Å². The fraction of sp³-hybridized carbons (Fsp3) is 0.0952. The minimum atomic E-state index is -0.395. The summed E-state index contributed by atoms with van der Waals surface area (Å²) in [5, 5.41) is 8.53. The monoisotopic (exact) mass is 378 g/mol. The Hall–Kier alpha value is -3.74. The second-order valence-corrected chi connectivity index (χ2v) is 6.09. The Labute approximate surface area is 161 Å². The summed E-state index contributed by atoms with van der Waals surface area (Å²) in [6, 6.07) is 16.8. The number of carbonyl (C=O) groups is 2. The third kappa shape index (κ3) is 5.14. The maximum absolute atomic E-state index is 13.6. The van der Waals surface area contributed by atoms with Gasteiger partial charge in [-0.3, -0.25) is 14.6 Å². The van der Waals surface area contributed by atoms with Gasteiger partial charge in [0, 0.05) is 42.3 Å². The van der Waals surface area contributed by atoms with Crippen molar-refractivity contribution in [2.24, 2.45) is 0 Å². The molecular weight excluding hydrogens is 359 g/mol. The van der Waals surface area contributed by atoms with Gasteiger partial charge < -0.3 is 16.0 Å². The van der Waals surface area contributed by atoms with Crippen LogP contribution in [0.25, 0.3) is 0 Å². The van der Waals surface area contributed by atoms with Crippen LogP contribution in [-0.2, 0) is 11.3 Å². The molecule has 0 unspecified atom stereocenters. The molecule has 1 heterocycles. The van der Waals surface area contributed by atoms with Crippen molar-refractivity contribution in [1.29, 1.82) is 0 Å². The largest absolute Gasteiger partial charge is 0.355 e. The highest BCUT2D eigenvalue weighted by Crippen LogP contribution is 2.19. The van der Waals surface area contributed by atoms with Gasteiger partial charge in [-0.05, 0) is 42.5 Å². The number of carbonyl (C=O) groups excluding carboxylic acids is 2. The smallest absolute Gasteiger partial charge is 0.270 e. The lowest BCUT2D eigenvalue weighted by Crippen LogP contribution is -2.24. The molecule has 0 spiro atoms. The lowest BCUT2D eigenvalue weighted by Gasteiger charge is -2.10. The van der Waals surface area contributed by atoms with Crippen molar-refractivity contribution in [3.63, 3.8) is 0 Å². The molecule has 0 saturated heterocycles. The maximum atomic E-state index is 13.6. The zero-order chi connectivity index (χ0) is 19.9. The van der Waals surface area contributed by atoms with Gasteiger partial charge in [-0.1, -0.05) is 18.2 Å². The Bertz CT molecular complexity index is 990. The Kier molecular flexibility index (Phi) is 5.96. The first-order chi connectivity index (χ1) is 13.5. The fourth-order valence-electron chi connectivity index (χ4n) is 2.55. The van der Waals surface area contributed by atoms with Gasteiger partial charge in [-0.15, -0.1) is 0 Å². The van der Waals surface area contributed by atoms with Crippen molar-refractivity contribution in [3.8, 4) is 0 Å². The van der Waals surface area contributed by atoms with Crippen LogP contribution in [0.4, 0.5) is 21.5 Å². The highest BCUT2D eigenvalue weighted by Gasteiger charge is 2.09. The number of anilines is 3. The number of rotatable bonds is 6. The lowest BCUT2D eigenvalue weighted by atomic mass is 10.2. The first kappa shape index (κ1) is 19.0. The predicted octanol–water partition coefficient (Wildman–Crippen LogP) is 3.85. The standard InChI is InChI=1S/C21H19FN4O2/c1-14(27)25-16-6-8-17(9-7-16)26-18-10-11-23-20(12-18)21(28)24-13-15-4-2-3-5-19(15)22/h2-12H,13H2,1H3,(H,23,26)(H,24,28)(H,25,27). The summed E-state index contributed by atoms with van der Waals surface area (Å²) in [5.41, 5.74) is 2.79. The number of benzene rings is 2. The molecule has 0 aliphatic heterocycles. The van der Waals surface area contributed by atoms with Gasteiger partial charge >= 0.3 is 0 Å². The molecule has 6 nitrogen and oxygen atoms in total. The third-order valence-corrected chi connectivity index (χ3v) is 3.88. The molecule has 2 amide bonds. The number of nitrogens with one attached hydrogen (secondary N) is 3. The average Bonchev–Trinajstić information content (AvgIpc) is 2.68. The number of pyridine rings is 1. The second-order valence-electron chi connectivity index (χ2n) is 6.09. The van der Waals surface area contributed by atoms with Crippen molar-refractivity contribution in [1.82, 2.24) is 10.3 Å². The van der Waals surface area contributed by atoms with E-state index in [9.17, 15) is 14.0 Å². The van der Waals surface area contributed by atoms with Crippen LogP contribution in [0.1, 0.15) is 23.0 Å². The second kappa shape index (κ2) is 8.77. The van der Waals surface area contributed by atoms with Gasteiger partial charge in [0.25, 0.3) is 5.91 Å². The molecule has 142 valence electrons. The molecule has 0 atom stereocenters. The quantitative estimate of drug-likeness (QED) is 0.608. The molecule has 1 aromatic heterocycles. The number of aromatic nitrogens is 1. The van der Waals surface area contributed by atoms with Crippen molar-refractivity contribution in [2.75, 3.05) is 10.6 Å². The molecule has 0 aliphatic carbocycles. The predicted molar refractivity (Wildman–Crippen MR) is 106 cm³/mol. The number of nitrogens with zero attached hydrogens (tertiary/aromatic N) is 1. The molecule has 0 fully saturated rings. The van der Waals surface area contributed by atoms with Crippen molar-refractivity contribution in [3.05, 3.63) is 83.9 Å². The molecule has 3 rings (SSSR count). The molecule has 0 bridgehead atoms. The van der Waals surface area contributed by atoms with Crippen LogP contribution >= 0.6 is 0 Å². The van der Waals surface area contributed by atoms with E-state index in [4.69, 9.17) is 0 Å². The molecule has 7 heteroatoms. The van der Waals surface area contributed by atoms with Gasteiger partial charge in [0.15, 0.2) is 0 Å². The van der Waals surface area contributed by atoms with Crippen LogP contribution in [0.15, 0.2) is 66.9 Å². The normalized spacial score (nSPS) is 10.2. The summed E-state index contributed by atoms with van der Waals surface area (Å²) in [5.74, 6) is -0.900. The highest BCUT2D eigenvalue weighted by atomic mass is 19.1. The van der Waals surface area contributed by atoms with E-state index in [0.717, 1.165) is 5.69 Å². The zero-order valence-corrected chi connectivity index (χ0v) is 15.2. The Morgan fingerprint density at radius 1 is 0.964 bits per heavy atom. The van der Waals surface area contributed by atoms with Crippen LogP contribution in [0.3, 0.4) is 0 Å². The third-order valence-electron chi connectivity index (χ3n) is 3.88. The topological polar surface area (TPSA) is 83.1 Å². The summed E-state index contributed by atoms with van der Waals surface area (Å²) in [7, 11) is 0. The molecule has 28 heavy (non-hydrogen) atoms. The van der Waals surface area contributed by atoms with Crippen LogP contribution in [0.2, 0.25) is 0 Å². The Morgan fingerprint density at radius 2 is 1.68 bits per heavy atom. The molecule has 3 N–H and O–H groups in total. The number of halogens is 1. The minimum absolute atomic E-state index is 0.0788. The molecule has 0 saturated carbocycles. The van der Waals surface area contributed by atoms with E-state index in [0.29, 0.717) is 16.9 Å². The van der Waals surface area contributed by atoms with Gasteiger partial charge in [-0.25, -0.2) is 4.39 Å². The SMILES string of the molecule is CC(=O)Nc1ccc(Nc2ccnc(C(=O)NCc3ccccc3F)c2)cc1. The Balaban J connectivity index is 1.64. The number of hydrogen-bond acceptors (Lipinski definition) is 4. The van der Waals surface area contributed by atoms with Crippen LogP contribution < -0.4 is 16.0 Å². The average molecular weight is 378 g/mol. The summed E-state index contributed by atoms with van der Waals surface area (Å²) < 4.78 is 13.6.